The van der Waals surface area contributed by atoms with Crippen LogP contribution in [0.5, 0.6) is 11.5 Å². The molecule has 0 amide bonds. The molecule has 2 aromatic rings. The first-order valence-electron chi connectivity index (χ1n) is 20.3. The van der Waals surface area contributed by atoms with E-state index >= 15 is 0 Å². The molecule has 1 aliphatic heterocycles. The van der Waals surface area contributed by atoms with Crippen LogP contribution in [0.3, 0.4) is 0 Å². The van der Waals surface area contributed by atoms with E-state index in [0.29, 0.717) is 37.6 Å². The van der Waals surface area contributed by atoms with Crippen molar-refractivity contribution in [3.05, 3.63) is 57.6 Å². The van der Waals surface area contributed by atoms with Gasteiger partial charge < -0.3 is 19.8 Å². The number of carbonyl (C=O) groups is 2. The molecule has 0 aromatic heterocycles. The van der Waals surface area contributed by atoms with Gasteiger partial charge >= 0.3 is 11.9 Å². The number of carbonyl (C=O) groups excluding carboxylic acids is 2. The summed E-state index contributed by atoms with van der Waals surface area (Å²) in [5.74, 6) is -0.159. The van der Waals surface area contributed by atoms with Crippen LogP contribution in [-0.2, 0) is 51.3 Å². The lowest BCUT2D eigenvalue weighted by Gasteiger charge is -2.55. The van der Waals surface area contributed by atoms with Gasteiger partial charge in [-0.3, -0.25) is 14.5 Å². The van der Waals surface area contributed by atoms with E-state index in [0.717, 1.165) is 110 Å². The molecule has 1 heterocycles. The molecular weight excluding hydrogens is 652 g/mol. The highest BCUT2D eigenvalue weighted by Gasteiger charge is 2.45. The lowest BCUT2D eigenvalue weighted by Crippen LogP contribution is -2.69. The molecule has 2 N–H and O–H groups in total. The summed E-state index contributed by atoms with van der Waals surface area (Å²) in [4.78, 5) is 34.8. The molecule has 1 atom stereocenters. The van der Waals surface area contributed by atoms with E-state index in [4.69, 9.17) is 9.57 Å². The number of phenols is 2. The molecule has 1 saturated heterocycles. The molecule has 8 nitrogen and oxygen atoms in total. The summed E-state index contributed by atoms with van der Waals surface area (Å²) >= 11 is 0. The van der Waals surface area contributed by atoms with Crippen molar-refractivity contribution in [2.24, 2.45) is 0 Å². The number of nitrogens with zero attached hydrogens (tertiary/aromatic N) is 2. The Kier molecular flexibility index (Phi) is 17.0. The normalized spacial score (nSPS) is 16.5. The largest absolute Gasteiger partial charge is 0.507 e. The molecular formula is C44H70N2O6. The maximum Gasteiger partial charge on any atom is 0.325 e. The zero-order valence-electron chi connectivity index (χ0n) is 34.0. The van der Waals surface area contributed by atoms with Crippen LogP contribution >= 0.6 is 0 Å². The highest BCUT2D eigenvalue weighted by molar-refractivity contribution is 5.78. The third-order valence-electron chi connectivity index (χ3n) is 10.7. The standard InChI is InChI=1S/C44H70N2O6/c1-10-14-18-34-26-33(27-35(40(34)48)19-15-11-2)22-23-39(47)52-45-30-43(6,7)46(44(8,9)31-45)24-25-51-42(50)32(5)38-28-36(20-16-12-3)41(49)37(29-38)21-17-13-4/h26-29,32,48-49H,10-25,30-31H2,1-9H3. The number of aryl methyl sites for hydroxylation is 5. The van der Waals surface area contributed by atoms with Crippen molar-refractivity contribution >= 4 is 11.9 Å². The van der Waals surface area contributed by atoms with Crippen molar-refractivity contribution < 1.29 is 29.4 Å². The Morgan fingerprint density at radius 1 is 0.712 bits per heavy atom. The molecule has 3 rings (SSSR count). The van der Waals surface area contributed by atoms with E-state index < -0.39 is 5.92 Å². The van der Waals surface area contributed by atoms with Crippen LogP contribution in [0.1, 0.15) is 159 Å². The van der Waals surface area contributed by atoms with Crippen molar-refractivity contribution in [3.8, 4) is 11.5 Å². The molecule has 0 bridgehead atoms. The second kappa shape index (κ2) is 20.4. The van der Waals surface area contributed by atoms with E-state index in [1.165, 1.54) is 0 Å². The minimum absolute atomic E-state index is 0.256. The summed E-state index contributed by atoms with van der Waals surface area (Å²) < 4.78 is 5.89. The number of esters is 1. The van der Waals surface area contributed by atoms with Gasteiger partial charge in [-0.2, -0.15) is 0 Å². The average molecular weight is 723 g/mol. The Hall–Kier alpha value is -3.10. The second-order valence-corrected chi connectivity index (χ2v) is 16.3. The van der Waals surface area contributed by atoms with Gasteiger partial charge in [-0.15, -0.1) is 5.06 Å². The number of hydroxylamine groups is 2. The fourth-order valence-corrected chi connectivity index (χ4v) is 7.76. The quantitative estimate of drug-likeness (QED) is 0.123. The molecule has 292 valence electrons. The van der Waals surface area contributed by atoms with Crippen molar-refractivity contribution in [1.29, 1.82) is 0 Å². The molecule has 0 saturated carbocycles. The zero-order chi connectivity index (χ0) is 38.5. The highest BCUT2D eigenvalue weighted by Crippen LogP contribution is 2.34. The monoisotopic (exact) mass is 723 g/mol. The van der Waals surface area contributed by atoms with Gasteiger partial charge in [0, 0.05) is 17.6 Å². The number of phenolic OH excluding ortho intramolecular Hbond substituents is 2. The molecule has 2 aromatic carbocycles. The Bertz CT molecular complexity index is 1370. The summed E-state index contributed by atoms with van der Waals surface area (Å²) in [7, 11) is 0. The lowest BCUT2D eigenvalue weighted by atomic mass is 9.88. The maximum atomic E-state index is 13.3. The van der Waals surface area contributed by atoms with Gasteiger partial charge in [0.1, 0.15) is 18.1 Å². The first-order valence-corrected chi connectivity index (χ1v) is 20.3. The number of unbranched alkanes of at least 4 members (excludes halogenated alkanes) is 4. The number of rotatable bonds is 21. The molecule has 1 unspecified atom stereocenters. The van der Waals surface area contributed by atoms with Crippen LogP contribution in [0.25, 0.3) is 0 Å². The van der Waals surface area contributed by atoms with Crippen molar-refractivity contribution in [3.63, 3.8) is 0 Å². The molecule has 8 heteroatoms. The van der Waals surface area contributed by atoms with E-state index in [-0.39, 0.29) is 36.0 Å². The van der Waals surface area contributed by atoms with Crippen LogP contribution in [0.4, 0.5) is 0 Å². The maximum absolute atomic E-state index is 13.3. The Labute approximate surface area is 315 Å². The number of ether oxygens (including phenoxy) is 1. The average Bonchev–Trinajstić information content (AvgIpc) is 3.09. The fourth-order valence-electron chi connectivity index (χ4n) is 7.76. The molecule has 0 radical (unpaired) electrons. The SMILES string of the molecule is CCCCc1cc(CCC(=O)ON2CC(C)(C)N(CCOC(=O)C(C)c3cc(CCCC)c(O)c(CCCC)c3)C(C)(C)C2)cc(CCCC)c1O. The first-order chi connectivity index (χ1) is 24.7. The Morgan fingerprint density at radius 2 is 1.13 bits per heavy atom. The van der Waals surface area contributed by atoms with Gasteiger partial charge in [0.2, 0.25) is 0 Å². The first kappa shape index (κ1) is 43.3. The summed E-state index contributed by atoms with van der Waals surface area (Å²) in [5.41, 5.74) is 5.06. The van der Waals surface area contributed by atoms with Gasteiger partial charge in [0.25, 0.3) is 0 Å². The number of hydrogen-bond donors (Lipinski definition) is 2. The molecule has 1 aliphatic rings. The minimum atomic E-state index is -0.439. The Morgan fingerprint density at radius 3 is 1.56 bits per heavy atom. The zero-order valence-corrected chi connectivity index (χ0v) is 34.0. The number of piperazine rings is 1. The summed E-state index contributed by atoms with van der Waals surface area (Å²) in [6.45, 7) is 20.9. The molecule has 52 heavy (non-hydrogen) atoms. The van der Waals surface area contributed by atoms with Gasteiger partial charge in [0.15, 0.2) is 0 Å². The van der Waals surface area contributed by atoms with E-state index in [1.54, 1.807) is 5.06 Å². The number of aromatic hydroxyl groups is 2. The molecule has 0 spiro atoms. The highest BCUT2D eigenvalue weighted by atomic mass is 16.7. The third kappa shape index (κ3) is 12.2. The van der Waals surface area contributed by atoms with Crippen molar-refractivity contribution in [2.75, 3.05) is 26.2 Å². The van der Waals surface area contributed by atoms with E-state index in [2.05, 4.69) is 72.4 Å². The van der Waals surface area contributed by atoms with Gasteiger partial charge in [-0.05, 0) is 126 Å². The lowest BCUT2D eigenvalue weighted by molar-refractivity contribution is -0.228. The second-order valence-electron chi connectivity index (χ2n) is 16.3. The Balaban J connectivity index is 1.59. The van der Waals surface area contributed by atoms with E-state index in [1.807, 2.05) is 19.1 Å². The predicted molar refractivity (Wildman–Crippen MR) is 211 cm³/mol. The summed E-state index contributed by atoms with van der Waals surface area (Å²) in [5, 5.41) is 23.6. The van der Waals surface area contributed by atoms with E-state index in [9.17, 15) is 19.8 Å². The number of benzene rings is 2. The van der Waals surface area contributed by atoms with Crippen LogP contribution in [0, 0.1) is 0 Å². The minimum Gasteiger partial charge on any atom is -0.507 e. The topological polar surface area (TPSA) is 99.5 Å². The van der Waals surface area contributed by atoms with Gasteiger partial charge in [0.05, 0.1) is 25.4 Å². The summed E-state index contributed by atoms with van der Waals surface area (Å²) in [6, 6.07) is 8.10. The van der Waals surface area contributed by atoms with Crippen LogP contribution in [0.15, 0.2) is 24.3 Å². The molecule has 0 aliphatic carbocycles. The predicted octanol–water partition coefficient (Wildman–Crippen LogP) is 9.38. The number of hydrogen-bond acceptors (Lipinski definition) is 8. The van der Waals surface area contributed by atoms with Gasteiger partial charge in [-0.1, -0.05) is 77.6 Å². The smallest absolute Gasteiger partial charge is 0.325 e. The fraction of sp³-hybridized carbons (Fsp3) is 0.682. The van der Waals surface area contributed by atoms with Crippen LogP contribution < -0.4 is 0 Å². The van der Waals surface area contributed by atoms with Crippen molar-refractivity contribution in [2.45, 2.75) is 169 Å². The molecule has 1 fully saturated rings. The third-order valence-corrected chi connectivity index (χ3v) is 10.7. The van der Waals surface area contributed by atoms with Crippen LogP contribution in [-0.4, -0.2) is 69.4 Å². The van der Waals surface area contributed by atoms with Crippen molar-refractivity contribution in [1.82, 2.24) is 9.96 Å². The van der Waals surface area contributed by atoms with Gasteiger partial charge in [-0.25, -0.2) is 0 Å². The van der Waals surface area contributed by atoms with Crippen LogP contribution in [0.2, 0.25) is 0 Å². The summed E-state index contributed by atoms with van der Waals surface area (Å²) in [6.07, 6.45) is 12.3.